The largest absolute Gasteiger partial charge is 0.487 e. The minimum absolute atomic E-state index is 0.0786. The molecule has 1 N–H and O–H groups in total. The molecule has 1 aliphatic rings. The van der Waals surface area contributed by atoms with Crippen LogP contribution in [0.25, 0.3) is 0 Å². The van der Waals surface area contributed by atoms with Gasteiger partial charge in [0, 0.05) is 18.2 Å². The van der Waals surface area contributed by atoms with E-state index in [4.69, 9.17) is 16.3 Å². The molecule has 112 valence electrons. The highest BCUT2D eigenvalue weighted by Crippen LogP contribution is 2.31. The van der Waals surface area contributed by atoms with Gasteiger partial charge in [0.15, 0.2) is 9.84 Å². The van der Waals surface area contributed by atoms with Gasteiger partial charge in [-0.3, -0.25) is 0 Å². The van der Waals surface area contributed by atoms with E-state index in [1.54, 1.807) is 6.07 Å². The molecule has 1 aromatic rings. The second-order valence-corrected chi connectivity index (χ2v) is 8.04. The highest BCUT2D eigenvalue weighted by molar-refractivity contribution is 7.91. The Hall–Kier alpha value is -0.780. The fourth-order valence-corrected chi connectivity index (χ4v) is 3.99. The van der Waals surface area contributed by atoms with E-state index in [1.165, 1.54) is 0 Å². The molecule has 1 aliphatic heterocycles. The minimum Gasteiger partial charge on any atom is -0.487 e. The summed E-state index contributed by atoms with van der Waals surface area (Å²) in [5.74, 6) is 0.876. The predicted octanol–water partition coefficient (Wildman–Crippen LogP) is 2.40. The first-order valence-corrected chi connectivity index (χ1v) is 8.95. The highest BCUT2D eigenvalue weighted by Gasteiger charge is 2.30. The molecule has 1 saturated heterocycles. The lowest BCUT2D eigenvalue weighted by Crippen LogP contribution is -2.23. The second-order valence-electron chi connectivity index (χ2n) is 5.41. The summed E-state index contributed by atoms with van der Waals surface area (Å²) < 4.78 is 28.8. The van der Waals surface area contributed by atoms with Crippen LogP contribution in [0.4, 0.5) is 0 Å². The van der Waals surface area contributed by atoms with Crippen molar-refractivity contribution in [2.24, 2.45) is 0 Å². The zero-order valence-corrected chi connectivity index (χ0v) is 13.3. The standard InChI is InChI=1S/C14H20ClNO3S/c1-10(2)16-8-11-4-3-5-13(15)14(11)19-12-6-7-20(17,18)9-12/h3-5,10,12,16H,6-9H2,1-2H3. The van der Waals surface area contributed by atoms with E-state index in [0.717, 1.165) is 5.56 Å². The Bertz CT molecular complexity index is 572. The van der Waals surface area contributed by atoms with Crippen molar-refractivity contribution in [1.82, 2.24) is 5.32 Å². The van der Waals surface area contributed by atoms with Crippen LogP contribution < -0.4 is 10.1 Å². The van der Waals surface area contributed by atoms with Gasteiger partial charge in [-0.05, 0) is 12.5 Å². The molecule has 0 saturated carbocycles. The molecular weight excluding hydrogens is 298 g/mol. The van der Waals surface area contributed by atoms with E-state index in [-0.39, 0.29) is 17.6 Å². The Morgan fingerprint density at radius 2 is 2.20 bits per heavy atom. The van der Waals surface area contributed by atoms with Gasteiger partial charge in [0.2, 0.25) is 0 Å². The Kier molecular flexibility index (Phi) is 4.94. The fourth-order valence-electron chi connectivity index (χ4n) is 2.16. The number of sulfone groups is 1. The maximum atomic E-state index is 11.5. The fraction of sp³-hybridized carbons (Fsp3) is 0.571. The van der Waals surface area contributed by atoms with Crippen LogP contribution in [0.5, 0.6) is 5.75 Å². The molecule has 0 aromatic heterocycles. The Morgan fingerprint density at radius 3 is 2.80 bits per heavy atom. The summed E-state index contributed by atoms with van der Waals surface area (Å²) in [5.41, 5.74) is 0.954. The molecule has 2 rings (SSSR count). The summed E-state index contributed by atoms with van der Waals surface area (Å²) in [6.45, 7) is 4.77. The molecule has 0 aliphatic carbocycles. The molecule has 4 nitrogen and oxygen atoms in total. The first kappa shape index (κ1) is 15.6. The lowest BCUT2D eigenvalue weighted by molar-refractivity contribution is 0.226. The second kappa shape index (κ2) is 6.33. The van der Waals surface area contributed by atoms with E-state index in [1.807, 2.05) is 12.1 Å². The topological polar surface area (TPSA) is 55.4 Å². The summed E-state index contributed by atoms with van der Waals surface area (Å²) in [7, 11) is -2.95. The number of para-hydroxylation sites is 1. The van der Waals surface area contributed by atoms with Gasteiger partial charge in [-0.25, -0.2) is 8.42 Å². The summed E-state index contributed by atoms with van der Waals surface area (Å²) in [6.07, 6.45) is 0.239. The SMILES string of the molecule is CC(C)NCc1cccc(Cl)c1OC1CCS(=O)(=O)C1. The molecule has 6 heteroatoms. The maximum absolute atomic E-state index is 11.5. The number of hydrogen-bond acceptors (Lipinski definition) is 4. The molecule has 1 aromatic carbocycles. The van der Waals surface area contributed by atoms with Crippen molar-refractivity contribution < 1.29 is 13.2 Å². The molecular formula is C14H20ClNO3S. The van der Waals surface area contributed by atoms with Crippen molar-refractivity contribution in [3.8, 4) is 5.75 Å². The molecule has 1 unspecified atom stereocenters. The average Bonchev–Trinajstić information content (AvgIpc) is 2.69. The van der Waals surface area contributed by atoms with Gasteiger partial charge in [0.25, 0.3) is 0 Å². The van der Waals surface area contributed by atoms with Gasteiger partial charge in [0.05, 0.1) is 16.5 Å². The zero-order chi connectivity index (χ0) is 14.8. The molecule has 1 atom stereocenters. The van der Waals surface area contributed by atoms with Gasteiger partial charge in [0.1, 0.15) is 11.9 Å². The molecule has 0 spiro atoms. The van der Waals surface area contributed by atoms with Crippen molar-refractivity contribution in [3.05, 3.63) is 28.8 Å². The van der Waals surface area contributed by atoms with Crippen molar-refractivity contribution in [2.75, 3.05) is 11.5 Å². The number of benzene rings is 1. The lowest BCUT2D eigenvalue weighted by atomic mass is 10.2. The van der Waals surface area contributed by atoms with Crippen LogP contribution in [0.3, 0.4) is 0 Å². The van der Waals surface area contributed by atoms with Gasteiger partial charge >= 0.3 is 0 Å². The smallest absolute Gasteiger partial charge is 0.154 e. The van der Waals surface area contributed by atoms with E-state index >= 15 is 0 Å². The first-order valence-electron chi connectivity index (χ1n) is 6.75. The van der Waals surface area contributed by atoms with E-state index in [2.05, 4.69) is 19.2 Å². The quantitative estimate of drug-likeness (QED) is 0.906. The monoisotopic (exact) mass is 317 g/mol. The Labute approximate surface area is 125 Å². The van der Waals surface area contributed by atoms with Crippen molar-refractivity contribution in [3.63, 3.8) is 0 Å². The van der Waals surface area contributed by atoms with E-state index in [0.29, 0.717) is 29.8 Å². The predicted molar refractivity (Wildman–Crippen MR) is 81.1 cm³/mol. The Morgan fingerprint density at radius 1 is 1.45 bits per heavy atom. The summed E-state index contributed by atoms with van der Waals surface area (Å²) in [6, 6.07) is 5.94. The average molecular weight is 318 g/mol. The summed E-state index contributed by atoms with van der Waals surface area (Å²) in [5, 5.41) is 3.84. The summed E-state index contributed by atoms with van der Waals surface area (Å²) >= 11 is 6.19. The van der Waals surface area contributed by atoms with E-state index in [9.17, 15) is 8.42 Å². The molecule has 0 amide bonds. The molecule has 1 heterocycles. The zero-order valence-electron chi connectivity index (χ0n) is 11.7. The summed E-state index contributed by atoms with van der Waals surface area (Å²) in [4.78, 5) is 0. The number of hydrogen-bond donors (Lipinski definition) is 1. The van der Waals surface area contributed by atoms with Crippen LogP contribution in [-0.4, -0.2) is 32.1 Å². The maximum Gasteiger partial charge on any atom is 0.154 e. The van der Waals surface area contributed by atoms with Crippen molar-refractivity contribution >= 4 is 21.4 Å². The van der Waals surface area contributed by atoms with Gasteiger partial charge in [-0.2, -0.15) is 0 Å². The number of rotatable bonds is 5. The highest BCUT2D eigenvalue weighted by atomic mass is 35.5. The van der Waals surface area contributed by atoms with Gasteiger partial charge in [-0.1, -0.05) is 37.6 Å². The number of halogens is 1. The van der Waals surface area contributed by atoms with Crippen LogP contribution in [0.2, 0.25) is 5.02 Å². The van der Waals surface area contributed by atoms with Crippen molar-refractivity contribution in [2.45, 2.75) is 39.0 Å². The van der Waals surface area contributed by atoms with Gasteiger partial charge < -0.3 is 10.1 Å². The van der Waals surface area contributed by atoms with Crippen LogP contribution >= 0.6 is 11.6 Å². The van der Waals surface area contributed by atoms with Crippen LogP contribution in [0.15, 0.2) is 18.2 Å². The Balaban J connectivity index is 2.13. The van der Waals surface area contributed by atoms with Gasteiger partial charge in [-0.15, -0.1) is 0 Å². The van der Waals surface area contributed by atoms with Crippen LogP contribution in [0, 0.1) is 0 Å². The number of ether oxygens (including phenoxy) is 1. The van der Waals surface area contributed by atoms with E-state index < -0.39 is 9.84 Å². The van der Waals surface area contributed by atoms with Crippen molar-refractivity contribution in [1.29, 1.82) is 0 Å². The third-order valence-electron chi connectivity index (χ3n) is 3.22. The molecule has 20 heavy (non-hydrogen) atoms. The van der Waals surface area contributed by atoms with Crippen LogP contribution in [-0.2, 0) is 16.4 Å². The minimum atomic E-state index is -2.95. The van der Waals surface area contributed by atoms with Crippen LogP contribution in [0.1, 0.15) is 25.8 Å². The molecule has 1 fully saturated rings. The lowest BCUT2D eigenvalue weighted by Gasteiger charge is -2.18. The molecule has 0 radical (unpaired) electrons. The number of nitrogens with one attached hydrogen (secondary N) is 1. The third kappa shape index (κ3) is 4.11. The normalized spacial score (nSPS) is 21.3. The first-order chi connectivity index (χ1) is 9.37. The third-order valence-corrected chi connectivity index (χ3v) is 5.26. The molecule has 0 bridgehead atoms.